The van der Waals surface area contributed by atoms with E-state index in [-0.39, 0.29) is 16.8 Å². The zero-order valence-electron chi connectivity index (χ0n) is 16.4. The van der Waals surface area contributed by atoms with Crippen molar-refractivity contribution in [2.45, 2.75) is 31.3 Å². The lowest BCUT2D eigenvalue weighted by Crippen LogP contribution is -2.36. The Morgan fingerprint density at radius 2 is 1.41 bits per heavy atom. The number of nitrogens with zero attached hydrogens (tertiary/aromatic N) is 1. The summed E-state index contributed by atoms with van der Waals surface area (Å²) in [5, 5.41) is 0. The topological polar surface area (TPSA) is 66.5 Å². The minimum atomic E-state index is -3.66. The molecule has 0 radical (unpaired) electrons. The Kier molecular flexibility index (Phi) is 6.34. The molecule has 0 atom stereocenters. The largest absolute Gasteiger partial charge is 0.332 e. The molecule has 0 aliphatic carbocycles. The van der Waals surface area contributed by atoms with E-state index in [2.05, 4.69) is 4.72 Å². The summed E-state index contributed by atoms with van der Waals surface area (Å²) >= 11 is 0. The van der Waals surface area contributed by atoms with Gasteiger partial charge in [0.25, 0.3) is 15.9 Å². The van der Waals surface area contributed by atoms with Crippen molar-refractivity contribution in [3.63, 3.8) is 0 Å². The zero-order valence-corrected chi connectivity index (χ0v) is 17.3. The van der Waals surface area contributed by atoms with Crippen molar-refractivity contribution in [2.75, 3.05) is 4.72 Å². The first-order valence-electron chi connectivity index (χ1n) is 9.39. The summed E-state index contributed by atoms with van der Waals surface area (Å²) in [4.78, 5) is 15.0. The quantitative estimate of drug-likeness (QED) is 0.624. The molecule has 5 nitrogen and oxygen atoms in total. The fourth-order valence-corrected chi connectivity index (χ4v) is 4.01. The number of benzene rings is 3. The fraction of sp³-hybridized carbons (Fsp3) is 0.174. The van der Waals surface area contributed by atoms with Crippen LogP contribution in [0.15, 0.2) is 89.8 Å². The summed E-state index contributed by atoms with van der Waals surface area (Å²) in [5.74, 6) is -0.0960. The molecule has 0 heterocycles. The summed E-state index contributed by atoms with van der Waals surface area (Å²) in [6.07, 6.45) is 0. The average Bonchev–Trinajstić information content (AvgIpc) is 2.73. The first kappa shape index (κ1) is 20.6. The third-order valence-corrected chi connectivity index (χ3v) is 5.91. The van der Waals surface area contributed by atoms with Gasteiger partial charge in [-0.2, -0.15) is 0 Å². The maximum Gasteiger partial charge on any atom is 0.261 e. The second-order valence-electron chi connectivity index (χ2n) is 7.01. The predicted octanol–water partition coefficient (Wildman–Crippen LogP) is 4.54. The van der Waals surface area contributed by atoms with Crippen molar-refractivity contribution in [3.05, 3.63) is 96.1 Å². The van der Waals surface area contributed by atoms with Gasteiger partial charge in [0.1, 0.15) is 0 Å². The van der Waals surface area contributed by atoms with Crippen molar-refractivity contribution < 1.29 is 13.2 Å². The van der Waals surface area contributed by atoms with Gasteiger partial charge in [0, 0.05) is 23.8 Å². The van der Waals surface area contributed by atoms with Gasteiger partial charge in [-0.15, -0.1) is 0 Å². The van der Waals surface area contributed by atoms with Crippen LogP contribution in [0.25, 0.3) is 0 Å². The van der Waals surface area contributed by atoms with E-state index < -0.39 is 10.0 Å². The maximum absolute atomic E-state index is 13.0. The van der Waals surface area contributed by atoms with E-state index >= 15 is 0 Å². The molecular formula is C23H24N2O3S. The summed E-state index contributed by atoms with van der Waals surface area (Å²) in [7, 11) is -3.66. The van der Waals surface area contributed by atoms with Crippen LogP contribution in [0.2, 0.25) is 0 Å². The number of sulfonamides is 1. The van der Waals surface area contributed by atoms with Crippen LogP contribution in [-0.2, 0) is 16.6 Å². The highest BCUT2D eigenvalue weighted by Crippen LogP contribution is 2.19. The summed E-state index contributed by atoms with van der Waals surface area (Å²) in [6.45, 7) is 4.46. The number of hydrogen-bond acceptors (Lipinski definition) is 3. The third-order valence-electron chi connectivity index (χ3n) is 4.52. The van der Waals surface area contributed by atoms with Crippen LogP contribution >= 0.6 is 0 Å². The first-order chi connectivity index (χ1) is 13.9. The molecule has 0 bridgehead atoms. The normalized spacial score (nSPS) is 11.3. The van der Waals surface area contributed by atoms with Crippen LogP contribution in [-0.4, -0.2) is 25.3 Å². The molecular weight excluding hydrogens is 384 g/mol. The van der Waals surface area contributed by atoms with Gasteiger partial charge in [0.05, 0.1) is 4.90 Å². The Hall–Kier alpha value is -3.12. The monoisotopic (exact) mass is 408 g/mol. The van der Waals surface area contributed by atoms with Crippen LogP contribution in [0.1, 0.15) is 29.8 Å². The molecule has 0 spiro atoms. The van der Waals surface area contributed by atoms with E-state index in [9.17, 15) is 13.2 Å². The molecule has 0 aromatic heterocycles. The fourth-order valence-electron chi connectivity index (χ4n) is 2.93. The second kappa shape index (κ2) is 8.92. The summed E-state index contributed by atoms with van der Waals surface area (Å²) in [6, 6.07) is 24.5. The number of rotatable bonds is 7. The molecule has 3 rings (SSSR count). The van der Waals surface area contributed by atoms with Crippen molar-refractivity contribution >= 4 is 21.6 Å². The molecule has 29 heavy (non-hydrogen) atoms. The minimum Gasteiger partial charge on any atom is -0.332 e. The Morgan fingerprint density at radius 1 is 0.862 bits per heavy atom. The average molecular weight is 409 g/mol. The molecule has 0 aliphatic heterocycles. The summed E-state index contributed by atoms with van der Waals surface area (Å²) in [5.41, 5.74) is 1.98. The Bertz CT molecular complexity index is 1050. The SMILES string of the molecule is CC(C)N(Cc1ccccc1)C(=O)c1ccc(NS(=O)(=O)c2ccccc2)cc1. The van der Waals surface area contributed by atoms with Crippen LogP contribution in [0.5, 0.6) is 0 Å². The van der Waals surface area contributed by atoms with Crippen LogP contribution in [0, 0.1) is 0 Å². The molecule has 0 saturated heterocycles. The van der Waals surface area contributed by atoms with E-state index in [1.54, 1.807) is 47.4 Å². The highest BCUT2D eigenvalue weighted by molar-refractivity contribution is 7.92. The smallest absolute Gasteiger partial charge is 0.261 e. The standard InChI is InChI=1S/C23H24N2O3S/c1-18(2)25(17-19-9-5-3-6-10-19)23(26)20-13-15-21(16-14-20)24-29(27,28)22-11-7-4-8-12-22/h3-16,18,24H,17H2,1-2H3. The molecule has 1 N–H and O–H groups in total. The van der Waals surface area contributed by atoms with Gasteiger partial charge >= 0.3 is 0 Å². The zero-order chi connectivity index (χ0) is 20.9. The number of carbonyl (C=O) groups excluding carboxylic acids is 1. The van der Waals surface area contributed by atoms with E-state index in [0.29, 0.717) is 17.8 Å². The highest BCUT2D eigenvalue weighted by atomic mass is 32.2. The number of carbonyl (C=O) groups is 1. The van der Waals surface area contributed by atoms with Gasteiger partial charge in [-0.1, -0.05) is 48.5 Å². The minimum absolute atomic E-state index is 0.0268. The van der Waals surface area contributed by atoms with Crippen molar-refractivity contribution in [2.24, 2.45) is 0 Å². The molecule has 0 saturated carbocycles. The Labute approximate surface area is 172 Å². The lowest BCUT2D eigenvalue weighted by Gasteiger charge is -2.27. The molecule has 150 valence electrons. The van der Waals surface area contributed by atoms with Gasteiger partial charge in [0.2, 0.25) is 0 Å². The predicted molar refractivity (Wildman–Crippen MR) is 115 cm³/mol. The van der Waals surface area contributed by atoms with Gasteiger partial charge < -0.3 is 4.90 Å². The number of hydrogen-bond donors (Lipinski definition) is 1. The van der Waals surface area contributed by atoms with Crippen LogP contribution in [0.3, 0.4) is 0 Å². The molecule has 3 aromatic carbocycles. The molecule has 0 fully saturated rings. The number of nitrogens with one attached hydrogen (secondary N) is 1. The van der Waals surface area contributed by atoms with Crippen molar-refractivity contribution in [1.29, 1.82) is 0 Å². The molecule has 6 heteroatoms. The van der Waals surface area contributed by atoms with Gasteiger partial charge in [-0.05, 0) is 55.8 Å². The van der Waals surface area contributed by atoms with E-state index in [0.717, 1.165) is 5.56 Å². The Morgan fingerprint density at radius 3 is 1.97 bits per heavy atom. The van der Waals surface area contributed by atoms with Crippen molar-refractivity contribution in [1.82, 2.24) is 4.90 Å². The third kappa shape index (κ3) is 5.23. The lowest BCUT2D eigenvalue weighted by atomic mass is 10.1. The molecule has 0 unspecified atom stereocenters. The molecule has 3 aromatic rings. The van der Waals surface area contributed by atoms with Gasteiger partial charge in [-0.25, -0.2) is 8.42 Å². The lowest BCUT2D eigenvalue weighted by molar-refractivity contribution is 0.0690. The van der Waals surface area contributed by atoms with Gasteiger partial charge in [-0.3, -0.25) is 9.52 Å². The molecule has 0 aliphatic rings. The van der Waals surface area contributed by atoms with Crippen molar-refractivity contribution in [3.8, 4) is 0 Å². The van der Waals surface area contributed by atoms with Crippen LogP contribution in [0.4, 0.5) is 5.69 Å². The highest BCUT2D eigenvalue weighted by Gasteiger charge is 2.20. The van der Waals surface area contributed by atoms with Gasteiger partial charge in [0.15, 0.2) is 0 Å². The van der Waals surface area contributed by atoms with E-state index in [4.69, 9.17) is 0 Å². The van der Waals surface area contributed by atoms with E-state index in [1.807, 2.05) is 44.2 Å². The van der Waals surface area contributed by atoms with Crippen LogP contribution < -0.4 is 4.72 Å². The van der Waals surface area contributed by atoms with E-state index in [1.165, 1.54) is 12.1 Å². The number of amides is 1. The first-order valence-corrected chi connectivity index (χ1v) is 10.9. The maximum atomic E-state index is 13.0. The summed E-state index contributed by atoms with van der Waals surface area (Å²) < 4.78 is 27.4. The second-order valence-corrected chi connectivity index (χ2v) is 8.69. The Balaban J connectivity index is 1.75. The molecule has 1 amide bonds. The number of anilines is 1.